The van der Waals surface area contributed by atoms with Gasteiger partial charge in [0.15, 0.2) is 0 Å². The molecule has 0 spiro atoms. The summed E-state index contributed by atoms with van der Waals surface area (Å²) in [6, 6.07) is 6.84. The lowest BCUT2D eigenvalue weighted by atomic mass is 10.1. The second kappa shape index (κ2) is 8.08. The predicted octanol–water partition coefficient (Wildman–Crippen LogP) is 1.28. The maximum absolute atomic E-state index is 12.3. The van der Waals surface area contributed by atoms with Crippen LogP contribution in [0.3, 0.4) is 0 Å². The highest BCUT2D eigenvalue weighted by Crippen LogP contribution is 2.17. The number of carboxylic acids is 1. The van der Waals surface area contributed by atoms with Crippen LogP contribution in [0.4, 0.5) is 5.69 Å². The first-order chi connectivity index (χ1) is 11.0. The van der Waals surface area contributed by atoms with E-state index in [-0.39, 0.29) is 12.3 Å². The van der Waals surface area contributed by atoms with E-state index in [1.807, 2.05) is 43.1 Å². The molecule has 1 atom stereocenters. The van der Waals surface area contributed by atoms with Crippen molar-refractivity contribution in [2.45, 2.75) is 25.8 Å². The third-order valence-corrected chi connectivity index (χ3v) is 4.31. The fourth-order valence-electron chi connectivity index (χ4n) is 2.83. The van der Waals surface area contributed by atoms with Crippen molar-refractivity contribution in [3.8, 4) is 0 Å². The number of anilines is 1. The van der Waals surface area contributed by atoms with Gasteiger partial charge in [0.1, 0.15) is 6.04 Å². The number of hydrogen-bond acceptors (Lipinski definition) is 4. The first-order valence-corrected chi connectivity index (χ1v) is 8.04. The summed E-state index contributed by atoms with van der Waals surface area (Å²) in [5.74, 6) is -1.19. The van der Waals surface area contributed by atoms with Crippen molar-refractivity contribution in [1.29, 1.82) is 0 Å². The molecular weight excluding hydrogens is 294 g/mol. The van der Waals surface area contributed by atoms with Gasteiger partial charge in [0.25, 0.3) is 0 Å². The van der Waals surface area contributed by atoms with Gasteiger partial charge in [-0.2, -0.15) is 0 Å². The van der Waals surface area contributed by atoms with Crippen LogP contribution in [-0.2, 0) is 16.0 Å². The zero-order valence-electron chi connectivity index (χ0n) is 13.8. The largest absolute Gasteiger partial charge is 0.480 e. The monoisotopic (exact) mass is 319 g/mol. The summed E-state index contributed by atoms with van der Waals surface area (Å²) in [7, 11) is 2.02. The number of aryl methyl sites for hydroxylation is 1. The number of carbonyl (C=O) groups is 2. The molecule has 126 valence electrons. The number of piperazine rings is 1. The van der Waals surface area contributed by atoms with Crippen LogP contribution < -0.4 is 5.32 Å². The Morgan fingerprint density at radius 2 is 1.87 bits per heavy atom. The molecule has 1 saturated heterocycles. The molecule has 0 aliphatic carbocycles. The molecule has 1 unspecified atom stereocenters. The van der Waals surface area contributed by atoms with Crippen molar-refractivity contribution in [3.63, 3.8) is 0 Å². The van der Waals surface area contributed by atoms with Crippen LogP contribution in [0.2, 0.25) is 0 Å². The lowest BCUT2D eigenvalue weighted by Gasteiger charge is -2.35. The van der Waals surface area contributed by atoms with Crippen LogP contribution in [0, 0.1) is 0 Å². The van der Waals surface area contributed by atoms with Crippen molar-refractivity contribution < 1.29 is 14.7 Å². The van der Waals surface area contributed by atoms with Crippen molar-refractivity contribution >= 4 is 17.6 Å². The second-order valence-corrected chi connectivity index (χ2v) is 5.96. The van der Waals surface area contributed by atoms with Gasteiger partial charge in [-0.25, -0.2) is 0 Å². The minimum absolute atomic E-state index is 0.0307. The first-order valence-electron chi connectivity index (χ1n) is 8.04. The average Bonchev–Trinajstić information content (AvgIpc) is 2.54. The van der Waals surface area contributed by atoms with Crippen molar-refractivity contribution in [3.05, 3.63) is 29.8 Å². The molecule has 1 aliphatic heterocycles. The quantitative estimate of drug-likeness (QED) is 0.826. The van der Waals surface area contributed by atoms with E-state index < -0.39 is 12.0 Å². The Hall–Kier alpha value is -1.92. The number of carbonyl (C=O) groups excluding carboxylic acids is 1. The Labute approximate surface area is 137 Å². The molecule has 23 heavy (non-hydrogen) atoms. The number of rotatable bonds is 6. The third-order valence-electron chi connectivity index (χ3n) is 4.31. The molecule has 2 N–H and O–H groups in total. The molecule has 1 aromatic carbocycles. The number of hydrogen-bond donors (Lipinski definition) is 2. The molecule has 1 aliphatic rings. The van der Waals surface area contributed by atoms with Gasteiger partial charge in [-0.1, -0.05) is 25.1 Å². The van der Waals surface area contributed by atoms with E-state index in [2.05, 4.69) is 10.2 Å². The van der Waals surface area contributed by atoms with Gasteiger partial charge in [-0.15, -0.1) is 0 Å². The molecule has 1 amide bonds. The van der Waals surface area contributed by atoms with Gasteiger partial charge in [-0.3, -0.25) is 14.5 Å². The number of carboxylic acid groups (broad SMARTS) is 1. The Morgan fingerprint density at radius 1 is 1.22 bits per heavy atom. The molecule has 1 fully saturated rings. The predicted molar refractivity (Wildman–Crippen MR) is 89.6 cm³/mol. The molecular formula is C17H25N3O3. The van der Waals surface area contributed by atoms with E-state index >= 15 is 0 Å². The maximum Gasteiger partial charge on any atom is 0.321 e. The van der Waals surface area contributed by atoms with Crippen LogP contribution in [0.25, 0.3) is 0 Å². The molecule has 1 aromatic rings. The van der Waals surface area contributed by atoms with Crippen molar-refractivity contribution in [1.82, 2.24) is 9.80 Å². The van der Waals surface area contributed by atoms with Crippen LogP contribution in [0.1, 0.15) is 18.9 Å². The van der Waals surface area contributed by atoms with E-state index in [1.165, 1.54) is 0 Å². The summed E-state index contributed by atoms with van der Waals surface area (Å²) in [4.78, 5) is 27.9. The van der Waals surface area contributed by atoms with Gasteiger partial charge in [-0.05, 0) is 25.1 Å². The zero-order chi connectivity index (χ0) is 16.8. The smallest absolute Gasteiger partial charge is 0.321 e. The van der Waals surface area contributed by atoms with Crippen LogP contribution >= 0.6 is 0 Å². The summed E-state index contributed by atoms with van der Waals surface area (Å²) >= 11 is 0. The summed E-state index contributed by atoms with van der Waals surface area (Å²) in [5.41, 5.74) is 1.81. The van der Waals surface area contributed by atoms with E-state index in [9.17, 15) is 14.7 Å². The third kappa shape index (κ3) is 4.77. The summed E-state index contributed by atoms with van der Waals surface area (Å²) in [6.45, 7) is 5.02. The number of para-hydroxylation sites is 1. The van der Waals surface area contributed by atoms with E-state index in [4.69, 9.17) is 0 Å². The van der Waals surface area contributed by atoms with Crippen LogP contribution in [-0.4, -0.2) is 66.1 Å². The highest BCUT2D eigenvalue weighted by Gasteiger charge is 2.30. The molecule has 0 saturated carbocycles. The topological polar surface area (TPSA) is 72.9 Å². The van der Waals surface area contributed by atoms with Gasteiger partial charge < -0.3 is 15.3 Å². The number of likely N-dealkylation sites (N-methyl/N-ethyl adjacent to an activating group) is 1. The van der Waals surface area contributed by atoms with Crippen molar-refractivity contribution in [2.75, 3.05) is 38.5 Å². The SMILES string of the molecule is CCc1ccccc1NC(=O)CC(C(=O)O)N1CCN(C)CC1. The van der Waals surface area contributed by atoms with Crippen molar-refractivity contribution in [2.24, 2.45) is 0 Å². The number of nitrogens with one attached hydrogen (secondary N) is 1. The molecule has 6 nitrogen and oxygen atoms in total. The minimum Gasteiger partial charge on any atom is -0.480 e. The zero-order valence-corrected chi connectivity index (χ0v) is 13.8. The number of aliphatic carboxylic acids is 1. The lowest BCUT2D eigenvalue weighted by Crippen LogP contribution is -2.52. The molecule has 0 bridgehead atoms. The minimum atomic E-state index is -0.937. The highest BCUT2D eigenvalue weighted by molar-refractivity contribution is 5.94. The Kier molecular flexibility index (Phi) is 6.12. The van der Waals surface area contributed by atoms with Gasteiger partial charge in [0, 0.05) is 31.9 Å². The Morgan fingerprint density at radius 3 is 2.48 bits per heavy atom. The molecule has 0 radical (unpaired) electrons. The van der Waals surface area contributed by atoms with Gasteiger partial charge in [0.05, 0.1) is 6.42 Å². The Bertz CT molecular complexity index is 554. The standard InChI is InChI=1S/C17H25N3O3/c1-3-13-6-4-5-7-14(13)18-16(21)12-15(17(22)23)20-10-8-19(2)9-11-20/h4-7,15H,3,8-12H2,1-2H3,(H,18,21)(H,22,23). The first kappa shape index (κ1) is 17.4. The van der Waals surface area contributed by atoms with E-state index in [0.29, 0.717) is 13.1 Å². The highest BCUT2D eigenvalue weighted by atomic mass is 16.4. The van der Waals surface area contributed by atoms with Crippen LogP contribution in [0.5, 0.6) is 0 Å². The van der Waals surface area contributed by atoms with Crippen LogP contribution in [0.15, 0.2) is 24.3 Å². The number of benzene rings is 1. The summed E-state index contributed by atoms with van der Waals surface area (Å²) in [6.07, 6.45) is 0.786. The van der Waals surface area contributed by atoms with E-state index in [1.54, 1.807) is 0 Å². The average molecular weight is 319 g/mol. The van der Waals surface area contributed by atoms with E-state index in [0.717, 1.165) is 30.8 Å². The molecule has 0 aromatic heterocycles. The van der Waals surface area contributed by atoms with Gasteiger partial charge >= 0.3 is 5.97 Å². The molecule has 2 rings (SSSR count). The molecule has 1 heterocycles. The second-order valence-electron chi connectivity index (χ2n) is 5.96. The number of nitrogens with zero attached hydrogens (tertiary/aromatic N) is 2. The normalized spacial score (nSPS) is 17.7. The summed E-state index contributed by atoms with van der Waals surface area (Å²) < 4.78 is 0. The fraction of sp³-hybridized carbons (Fsp3) is 0.529. The maximum atomic E-state index is 12.3. The van der Waals surface area contributed by atoms with Gasteiger partial charge in [0.2, 0.25) is 5.91 Å². The fourth-order valence-corrected chi connectivity index (χ4v) is 2.83. The Balaban J connectivity index is 1.99. The summed E-state index contributed by atoms with van der Waals surface area (Å²) in [5, 5.41) is 12.3. The lowest BCUT2D eigenvalue weighted by molar-refractivity contribution is -0.145. The number of amides is 1. The molecule has 6 heteroatoms.